The number of thioether (sulfide) groups is 1. The van der Waals surface area contributed by atoms with E-state index in [0.29, 0.717) is 11.6 Å². The molecule has 0 radical (unpaired) electrons. The molecule has 2 bridgehead atoms. The molecule has 0 saturated carbocycles. The van der Waals surface area contributed by atoms with Gasteiger partial charge in [-0.3, -0.25) is 9.67 Å². The quantitative estimate of drug-likeness (QED) is 0.540. The Bertz CT molecular complexity index is 1320. The van der Waals surface area contributed by atoms with Crippen LogP contribution in [0.5, 0.6) is 0 Å². The fraction of sp³-hybridized carbons (Fsp3) is 0.444. The van der Waals surface area contributed by atoms with E-state index in [-0.39, 0.29) is 0 Å². The Kier molecular flexibility index (Phi) is 5.39. The van der Waals surface area contributed by atoms with Crippen molar-refractivity contribution >= 4 is 22.7 Å². The highest BCUT2D eigenvalue weighted by molar-refractivity contribution is 8.03. The molecule has 5 heterocycles. The van der Waals surface area contributed by atoms with Crippen LogP contribution in [0.15, 0.2) is 46.6 Å². The Hall–Kier alpha value is -2.82. The van der Waals surface area contributed by atoms with E-state index in [9.17, 15) is 5.26 Å². The summed E-state index contributed by atoms with van der Waals surface area (Å²) in [6.45, 7) is 0. The number of hydrogen-bond donors (Lipinski definition) is 0. The highest BCUT2D eigenvalue weighted by Gasteiger charge is 2.38. The van der Waals surface area contributed by atoms with Crippen molar-refractivity contribution in [2.24, 2.45) is 7.05 Å². The number of fused-ring (bicyclic) bond motifs is 4. The fourth-order valence-electron chi connectivity index (χ4n) is 6.01. The molecular formula is C27H30N6S. The van der Waals surface area contributed by atoms with E-state index in [2.05, 4.69) is 53.3 Å². The summed E-state index contributed by atoms with van der Waals surface area (Å²) in [5.74, 6) is 0. The lowest BCUT2D eigenvalue weighted by Gasteiger charge is -2.50. The minimum absolute atomic E-state index is 0.591. The van der Waals surface area contributed by atoms with Gasteiger partial charge in [-0.05, 0) is 69.0 Å². The molecule has 1 aromatic carbocycles. The first kappa shape index (κ1) is 21.7. The maximum absolute atomic E-state index is 9.66. The van der Waals surface area contributed by atoms with Gasteiger partial charge in [-0.2, -0.15) is 10.4 Å². The average Bonchev–Trinajstić information content (AvgIpc) is 3.22. The number of rotatable bonds is 3. The summed E-state index contributed by atoms with van der Waals surface area (Å²) in [6, 6.07) is 10.6. The van der Waals surface area contributed by atoms with Crippen molar-refractivity contribution < 1.29 is 0 Å². The summed E-state index contributed by atoms with van der Waals surface area (Å²) < 4.78 is 1.76. The third kappa shape index (κ3) is 3.70. The Morgan fingerprint density at radius 1 is 1.15 bits per heavy atom. The lowest BCUT2D eigenvalue weighted by Crippen LogP contribution is -2.54. The molecule has 0 spiro atoms. The molecule has 2 atom stereocenters. The molecule has 0 amide bonds. The van der Waals surface area contributed by atoms with Gasteiger partial charge < -0.3 is 9.80 Å². The summed E-state index contributed by atoms with van der Waals surface area (Å²) in [5.41, 5.74) is 4.48. The van der Waals surface area contributed by atoms with Crippen LogP contribution in [0.25, 0.3) is 22.2 Å². The van der Waals surface area contributed by atoms with E-state index in [4.69, 9.17) is 4.98 Å². The van der Waals surface area contributed by atoms with Crippen molar-refractivity contribution in [3.63, 3.8) is 0 Å². The third-order valence-electron chi connectivity index (χ3n) is 8.00. The first-order valence-electron chi connectivity index (χ1n) is 12.2. The van der Waals surface area contributed by atoms with Crippen molar-refractivity contribution in [1.29, 1.82) is 5.26 Å². The van der Waals surface area contributed by atoms with Crippen LogP contribution in [0.2, 0.25) is 0 Å². The number of nitrogens with zero attached hydrogens (tertiary/aromatic N) is 6. The van der Waals surface area contributed by atoms with Gasteiger partial charge in [0.25, 0.3) is 0 Å². The lowest BCUT2D eigenvalue weighted by atomic mass is 9.82. The van der Waals surface area contributed by atoms with Crippen LogP contribution < -0.4 is 0 Å². The van der Waals surface area contributed by atoms with E-state index in [1.165, 1.54) is 47.6 Å². The molecular weight excluding hydrogens is 440 g/mol. The second kappa shape index (κ2) is 8.44. The monoisotopic (exact) mass is 470 g/mol. The van der Waals surface area contributed by atoms with Crippen molar-refractivity contribution in [1.82, 2.24) is 24.6 Å². The first-order chi connectivity index (χ1) is 16.5. The van der Waals surface area contributed by atoms with E-state index in [1.807, 2.05) is 37.3 Å². The Morgan fingerprint density at radius 3 is 2.71 bits per heavy atom. The van der Waals surface area contributed by atoms with Crippen LogP contribution in [0.4, 0.5) is 0 Å². The normalized spacial score (nSPS) is 24.4. The minimum Gasteiger partial charge on any atom is -0.366 e. The van der Waals surface area contributed by atoms with E-state index in [0.717, 1.165) is 40.7 Å². The maximum Gasteiger partial charge on any atom is 0.110 e. The lowest BCUT2D eigenvalue weighted by molar-refractivity contribution is 0.0268. The van der Waals surface area contributed by atoms with Crippen LogP contribution in [0, 0.1) is 11.3 Å². The number of nitriles is 1. The Balaban J connectivity index is 1.26. The summed E-state index contributed by atoms with van der Waals surface area (Å²) in [7, 11) is 6.49. The van der Waals surface area contributed by atoms with Crippen LogP contribution >= 0.6 is 11.8 Å². The Labute approximate surface area is 205 Å². The van der Waals surface area contributed by atoms with Gasteiger partial charge >= 0.3 is 0 Å². The molecule has 34 heavy (non-hydrogen) atoms. The van der Waals surface area contributed by atoms with Crippen molar-refractivity contribution in [2.75, 3.05) is 14.1 Å². The first-order valence-corrected chi connectivity index (χ1v) is 13.0. The van der Waals surface area contributed by atoms with E-state index in [1.54, 1.807) is 4.68 Å². The predicted molar refractivity (Wildman–Crippen MR) is 136 cm³/mol. The molecule has 3 aliphatic heterocycles. The number of aryl methyl sites for hydroxylation is 1. The van der Waals surface area contributed by atoms with Crippen molar-refractivity contribution in [2.45, 2.75) is 61.5 Å². The minimum atomic E-state index is 0.591. The topological polar surface area (TPSA) is 61.0 Å². The molecule has 3 aromatic rings. The predicted octanol–water partition coefficient (Wildman–Crippen LogP) is 4.94. The van der Waals surface area contributed by atoms with Crippen LogP contribution in [0.3, 0.4) is 0 Å². The molecule has 0 aliphatic carbocycles. The van der Waals surface area contributed by atoms with Gasteiger partial charge in [0.05, 0.1) is 16.3 Å². The van der Waals surface area contributed by atoms with Crippen LogP contribution in [0.1, 0.15) is 43.2 Å². The van der Waals surface area contributed by atoms with Gasteiger partial charge in [0, 0.05) is 60.5 Å². The van der Waals surface area contributed by atoms with E-state index >= 15 is 0 Å². The zero-order valence-corrected chi connectivity index (χ0v) is 20.8. The average molecular weight is 471 g/mol. The maximum atomic E-state index is 9.66. The van der Waals surface area contributed by atoms with Gasteiger partial charge in [0.15, 0.2) is 0 Å². The summed E-state index contributed by atoms with van der Waals surface area (Å²) in [5, 5.41) is 16.4. The molecule has 0 N–H and O–H groups in total. The summed E-state index contributed by atoms with van der Waals surface area (Å²) in [4.78, 5) is 11.2. The molecule has 2 fully saturated rings. The smallest absolute Gasteiger partial charge is 0.110 e. The van der Waals surface area contributed by atoms with Gasteiger partial charge in [-0.15, -0.1) is 0 Å². The van der Waals surface area contributed by atoms with Crippen molar-refractivity contribution in [3.05, 3.63) is 52.8 Å². The van der Waals surface area contributed by atoms with Gasteiger partial charge in [0.1, 0.15) is 11.6 Å². The number of aromatic nitrogens is 3. The zero-order valence-electron chi connectivity index (χ0n) is 20.0. The molecule has 2 aromatic heterocycles. The highest BCUT2D eigenvalue weighted by atomic mass is 32.2. The molecule has 7 heteroatoms. The molecule has 174 valence electrons. The standard InChI is InChI=1S/C27H30N6S/c1-31-16-20-10-18(9-19(14-28)27(20)30-31)24-13-25-17(15-29-24)7-8-26(34-25)33(3)23-11-21-5-4-6-22(12-23)32(21)2/h8-10,13,15-16,21-23H,4-7,11-12H2,1-3H3. The summed E-state index contributed by atoms with van der Waals surface area (Å²) in [6.07, 6.45) is 13.8. The molecule has 2 unspecified atom stereocenters. The van der Waals surface area contributed by atoms with Gasteiger partial charge in [0.2, 0.25) is 0 Å². The van der Waals surface area contributed by atoms with Crippen LogP contribution in [-0.4, -0.2) is 56.8 Å². The highest BCUT2D eigenvalue weighted by Crippen LogP contribution is 2.42. The van der Waals surface area contributed by atoms with Crippen LogP contribution in [-0.2, 0) is 13.5 Å². The number of pyridine rings is 1. The number of hydrogen-bond acceptors (Lipinski definition) is 6. The third-order valence-corrected chi connectivity index (χ3v) is 9.27. The zero-order chi connectivity index (χ0) is 23.4. The molecule has 2 saturated heterocycles. The molecule has 3 aliphatic rings. The second-order valence-electron chi connectivity index (χ2n) is 10.0. The van der Waals surface area contributed by atoms with Gasteiger partial charge in [-0.1, -0.05) is 18.2 Å². The SMILES string of the molecule is CN(C1=CCc2cnc(-c3cc(C#N)c4nn(C)cc4c3)cc2S1)C1CC2CCCC(C1)N2C. The largest absolute Gasteiger partial charge is 0.366 e. The summed E-state index contributed by atoms with van der Waals surface area (Å²) >= 11 is 1.87. The Morgan fingerprint density at radius 2 is 1.94 bits per heavy atom. The second-order valence-corrected chi connectivity index (χ2v) is 11.1. The number of piperidine rings is 2. The van der Waals surface area contributed by atoms with Gasteiger partial charge in [-0.25, -0.2) is 0 Å². The molecule has 6 nitrogen and oxygen atoms in total. The van der Waals surface area contributed by atoms with E-state index < -0.39 is 0 Å². The van der Waals surface area contributed by atoms with Crippen molar-refractivity contribution in [3.8, 4) is 17.3 Å². The number of allylic oxidation sites excluding steroid dienone is 1. The fourth-order valence-corrected chi connectivity index (χ4v) is 7.13. The number of benzene rings is 1. The molecule has 6 rings (SSSR count).